The Morgan fingerprint density at radius 2 is 2.04 bits per heavy atom. The SMILES string of the molecule is Cc1cnc(NC2CCN(c3ccc(Cl)c(Cl)c3)C2=O)nc1C. The molecule has 5 nitrogen and oxygen atoms in total. The predicted molar refractivity (Wildman–Crippen MR) is 92.3 cm³/mol. The first-order valence-electron chi connectivity index (χ1n) is 7.29. The topological polar surface area (TPSA) is 58.1 Å². The van der Waals surface area contributed by atoms with Gasteiger partial charge in [0.05, 0.1) is 10.0 Å². The van der Waals surface area contributed by atoms with Gasteiger partial charge in [0.2, 0.25) is 11.9 Å². The van der Waals surface area contributed by atoms with Gasteiger partial charge in [-0.15, -0.1) is 0 Å². The summed E-state index contributed by atoms with van der Waals surface area (Å²) in [6.45, 7) is 4.48. The fourth-order valence-electron chi connectivity index (χ4n) is 2.48. The summed E-state index contributed by atoms with van der Waals surface area (Å²) in [5.41, 5.74) is 2.66. The maximum Gasteiger partial charge on any atom is 0.249 e. The number of nitrogens with zero attached hydrogens (tertiary/aromatic N) is 3. The molecule has 23 heavy (non-hydrogen) atoms. The fourth-order valence-corrected chi connectivity index (χ4v) is 2.77. The quantitative estimate of drug-likeness (QED) is 0.918. The lowest BCUT2D eigenvalue weighted by Gasteiger charge is -2.18. The van der Waals surface area contributed by atoms with E-state index in [1.54, 1.807) is 29.3 Å². The number of carbonyl (C=O) groups excluding carboxylic acids is 1. The Hall–Kier alpha value is -1.85. The number of halogens is 2. The summed E-state index contributed by atoms with van der Waals surface area (Å²) in [5.74, 6) is 0.452. The van der Waals surface area contributed by atoms with Crippen molar-refractivity contribution in [3.63, 3.8) is 0 Å². The van der Waals surface area contributed by atoms with Crippen LogP contribution >= 0.6 is 23.2 Å². The van der Waals surface area contributed by atoms with Gasteiger partial charge in [0, 0.05) is 24.1 Å². The van der Waals surface area contributed by atoms with E-state index in [0.29, 0.717) is 29.0 Å². The highest BCUT2D eigenvalue weighted by atomic mass is 35.5. The number of benzene rings is 1. The van der Waals surface area contributed by atoms with Crippen LogP contribution in [0.15, 0.2) is 24.4 Å². The van der Waals surface area contributed by atoms with E-state index in [2.05, 4.69) is 15.3 Å². The summed E-state index contributed by atoms with van der Waals surface area (Å²) < 4.78 is 0. The Morgan fingerprint density at radius 1 is 1.26 bits per heavy atom. The van der Waals surface area contributed by atoms with Gasteiger partial charge in [-0.25, -0.2) is 9.97 Å². The zero-order chi connectivity index (χ0) is 16.6. The van der Waals surface area contributed by atoms with Crippen LogP contribution in [-0.2, 0) is 4.79 Å². The van der Waals surface area contributed by atoms with Gasteiger partial charge in [-0.3, -0.25) is 4.79 Å². The standard InChI is InChI=1S/C16H16Cl2N4O/c1-9-8-19-16(20-10(9)2)21-14-5-6-22(15(14)23)11-3-4-12(17)13(18)7-11/h3-4,7-8,14H,5-6H2,1-2H3,(H,19,20,21). The molecular formula is C16H16Cl2N4O. The maximum atomic E-state index is 12.6. The Kier molecular flexibility index (Phi) is 4.41. The molecule has 1 unspecified atom stereocenters. The van der Waals surface area contributed by atoms with E-state index in [-0.39, 0.29) is 11.9 Å². The maximum absolute atomic E-state index is 12.6. The lowest BCUT2D eigenvalue weighted by atomic mass is 10.2. The van der Waals surface area contributed by atoms with Crippen LogP contribution in [-0.4, -0.2) is 28.5 Å². The molecule has 1 fully saturated rings. The van der Waals surface area contributed by atoms with Gasteiger partial charge in [-0.1, -0.05) is 23.2 Å². The van der Waals surface area contributed by atoms with Crippen molar-refractivity contribution < 1.29 is 4.79 Å². The smallest absolute Gasteiger partial charge is 0.249 e. The minimum atomic E-state index is -0.341. The van der Waals surface area contributed by atoms with Gasteiger partial charge >= 0.3 is 0 Å². The molecule has 3 rings (SSSR count). The number of nitrogens with one attached hydrogen (secondary N) is 1. The number of aryl methyl sites for hydroxylation is 2. The van der Waals surface area contributed by atoms with E-state index in [1.807, 2.05) is 13.8 Å². The Bertz CT molecular complexity index is 766. The van der Waals surface area contributed by atoms with Gasteiger partial charge < -0.3 is 10.2 Å². The van der Waals surface area contributed by atoms with E-state index < -0.39 is 0 Å². The van der Waals surface area contributed by atoms with E-state index in [9.17, 15) is 4.79 Å². The number of anilines is 2. The van der Waals surface area contributed by atoms with Crippen LogP contribution in [0.25, 0.3) is 0 Å². The first-order chi connectivity index (χ1) is 11.0. The molecule has 1 aromatic carbocycles. The monoisotopic (exact) mass is 350 g/mol. The third-order valence-electron chi connectivity index (χ3n) is 3.95. The molecule has 1 amide bonds. The van der Waals surface area contributed by atoms with Crippen molar-refractivity contribution in [3.8, 4) is 0 Å². The Morgan fingerprint density at radius 3 is 2.74 bits per heavy atom. The second-order valence-corrected chi connectivity index (χ2v) is 6.35. The number of aromatic nitrogens is 2. The number of carbonyl (C=O) groups is 1. The van der Waals surface area contributed by atoms with Crippen LogP contribution < -0.4 is 10.2 Å². The molecule has 0 spiro atoms. The number of hydrogen-bond donors (Lipinski definition) is 1. The molecule has 1 aliphatic heterocycles. The van der Waals surface area contributed by atoms with Gasteiger partial charge in [0.25, 0.3) is 0 Å². The second-order valence-electron chi connectivity index (χ2n) is 5.54. The van der Waals surface area contributed by atoms with Crippen molar-refractivity contribution in [2.75, 3.05) is 16.8 Å². The second kappa shape index (κ2) is 6.34. The summed E-state index contributed by atoms with van der Waals surface area (Å²) >= 11 is 12.0. The molecule has 120 valence electrons. The largest absolute Gasteiger partial charge is 0.342 e. The van der Waals surface area contributed by atoms with Crippen LogP contribution in [0.3, 0.4) is 0 Å². The van der Waals surface area contributed by atoms with E-state index >= 15 is 0 Å². The summed E-state index contributed by atoms with van der Waals surface area (Å²) in [7, 11) is 0. The van der Waals surface area contributed by atoms with E-state index in [1.165, 1.54) is 0 Å². The minimum Gasteiger partial charge on any atom is -0.342 e. The Labute approximate surface area is 144 Å². The lowest BCUT2D eigenvalue weighted by molar-refractivity contribution is -0.117. The van der Waals surface area contributed by atoms with Crippen LogP contribution in [0.5, 0.6) is 0 Å². The highest BCUT2D eigenvalue weighted by Gasteiger charge is 2.33. The first-order valence-corrected chi connectivity index (χ1v) is 8.04. The van der Waals surface area contributed by atoms with E-state index in [0.717, 1.165) is 16.9 Å². The highest BCUT2D eigenvalue weighted by molar-refractivity contribution is 6.42. The predicted octanol–water partition coefficient (Wildman–Crippen LogP) is 3.62. The minimum absolute atomic E-state index is 0.0229. The Balaban J connectivity index is 1.75. The third-order valence-corrected chi connectivity index (χ3v) is 4.69. The van der Waals surface area contributed by atoms with E-state index in [4.69, 9.17) is 23.2 Å². The summed E-state index contributed by atoms with van der Waals surface area (Å²) in [4.78, 5) is 22.9. The summed E-state index contributed by atoms with van der Waals surface area (Å²) in [5, 5.41) is 4.02. The van der Waals surface area contributed by atoms with Crippen LogP contribution in [0.4, 0.5) is 11.6 Å². The lowest BCUT2D eigenvalue weighted by Crippen LogP contribution is -2.34. The molecular weight excluding hydrogens is 335 g/mol. The van der Waals surface area contributed by atoms with Crippen LogP contribution in [0, 0.1) is 13.8 Å². The first kappa shape index (κ1) is 16.0. The average Bonchev–Trinajstić information content (AvgIpc) is 2.87. The molecule has 1 saturated heterocycles. The average molecular weight is 351 g/mol. The van der Waals surface area contributed by atoms with Crippen molar-refractivity contribution in [1.82, 2.24) is 9.97 Å². The molecule has 1 aromatic heterocycles. The van der Waals surface area contributed by atoms with Crippen molar-refractivity contribution in [2.24, 2.45) is 0 Å². The molecule has 1 atom stereocenters. The number of amides is 1. The summed E-state index contributed by atoms with van der Waals surface area (Å²) in [6, 6.07) is 4.85. The molecule has 0 aliphatic carbocycles. The molecule has 1 aliphatic rings. The normalized spacial score (nSPS) is 17.7. The molecule has 2 aromatic rings. The zero-order valence-corrected chi connectivity index (χ0v) is 14.3. The molecule has 0 saturated carbocycles. The summed E-state index contributed by atoms with van der Waals surface area (Å²) in [6.07, 6.45) is 2.43. The molecule has 7 heteroatoms. The number of rotatable bonds is 3. The zero-order valence-electron chi connectivity index (χ0n) is 12.8. The van der Waals surface area contributed by atoms with Crippen LogP contribution in [0.2, 0.25) is 10.0 Å². The fraction of sp³-hybridized carbons (Fsp3) is 0.312. The van der Waals surface area contributed by atoms with Gasteiger partial charge in [0.15, 0.2) is 0 Å². The molecule has 2 heterocycles. The van der Waals surface area contributed by atoms with Crippen molar-refractivity contribution in [3.05, 3.63) is 45.7 Å². The molecule has 0 radical (unpaired) electrons. The van der Waals surface area contributed by atoms with Gasteiger partial charge in [0.1, 0.15) is 6.04 Å². The van der Waals surface area contributed by atoms with Gasteiger partial charge in [-0.05, 0) is 44.0 Å². The van der Waals surface area contributed by atoms with Crippen LogP contribution in [0.1, 0.15) is 17.7 Å². The highest BCUT2D eigenvalue weighted by Crippen LogP contribution is 2.30. The van der Waals surface area contributed by atoms with Crippen molar-refractivity contribution in [2.45, 2.75) is 26.3 Å². The number of hydrogen-bond acceptors (Lipinski definition) is 4. The molecule has 1 N–H and O–H groups in total. The van der Waals surface area contributed by atoms with Crippen molar-refractivity contribution >= 4 is 40.7 Å². The van der Waals surface area contributed by atoms with Gasteiger partial charge in [-0.2, -0.15) is 0 Å². The third kappa shape index (κ3) is 3.26. The molecule has 0 bridgehead atoms. The van der Waals surface area contributed by atoms with Crippen molar-refractivity contribution in [1.29, 1.82) is 0 Å².